The number of non-ortho nitro benzene ring substituents is 1. The van der Waals surface area contributed by atoms with E-state index in [2.05, 4.69) is 47.3 Å². The molecule has 0 bridgehead atoms. The van der Waals surface area contributed by atoms with Crippen molar-refractivity contribution in [1.82, 2.24) is 9.78 Å². The summed E-state index contributed by atoms with van der Waals surface area (Å²) in [5.41, 5.74) is 0.941. The van der Waals surface area contributed by atoms with E-state index in [9.17, 15) is 10.1 Å². The van der Waals surface area contributed by atoms with Crippen LogP contribution < -0.4 is 5.19 Å². The molecule has 0 saturated heterocycles. The molecule has 0 aliphatic carbocycles. The molecule has 0 spiro atoms. The van der Waals surface area contributed by atoms with E-state index >= 15 is 0 Å². The topological polar surface area (TPSA) is 61.0 Å². The Morgan fingerprint density at radius 3 is 2.26 bits per heavy atom. The first kappa shape index (κ1) is 14.2. The fraction of sp³-hybridized carbons (Fsp3) is 0.250. The summed E-state index contributed by atoms with van der Waals surface area (Å²) in [6.07, 6.45) is 1.91. The van der Waals surface area contributed by atoms with Crippen LogP contribution in [0.1, 0.15) is 0 Å². The second-order valence-corrected chi connectivity index (χ2v) is 11.3. The number of nitro groups is 1. The Balaban J connectivity index is 2.43. The molecular formula is C12H14IN3O2Si. The van der Waals surface area contributed by atoms with Gasteiger partial charge in [-0.25, -0.2) is 4.68 Å². The number of nitro benzene ring substituents is 1. The van der Waals surface area contributed by atoms with Gasteiger partial charge in [0.05, 0.1) is 18.7 Å². The molecule has 0 radical (unpaired) electrons. The minimum atomic E-state index is -1.42. The Morgan fingerprint density at radius 1 is 1.26 bits per heavy atom. The van der Waals surface area contributed by atoms with Crippen LogP contribution in [-0.2, 0) is 0 Å². The minimum Gasteiger partial charge on any atom is -0.258 e. The van der Waals surface area contributed by atoms with Crippen LogP contribution in [0.2, 0.25) is 19.6 Å². The van der Waals surface area contributed by atoms with Crippen molar-refractivity contribution in [1.29, 1.82) is 0 Å². The van der Waals surface area contributed by atoms with Crippen molar-refractivity contribution >= 4 is 41.5 Å². The van der Waals surface area contributed by atoms with Crippen LogP contribution in [0.25, 0.3) is 5.69 Å². The molecule has 2 rings (SSSR count). The molecule has 0 atom stereocenters. The van der Waals surface area contributed by atoms with Crippen LogP contribution in [0.4, 0.5) is 5.69 Å². The van der Waals surface area contributed by atoms with Gasteiger partial charge in [0.2, 0.25) is 0 Å². The van der Waals surface area contributed by atoms with Gasteiger partial charge in [-0.2, -0.15) is 5.10 Å². The third-order valence-electron chi connectivity index (χ3n) is 2.82. The van der Waals surface area contributed by atoms with Gasteiger partial charge < -0.3 is 0 Å². The summed E-state index contributed by atoms with van der Waals surface area (Å²) in [5.74, 6) is 0. The first-order chi connectivity index (χ1) is 8.80. The first-order valence-corrected chi connectivity index (χ1v) is 10.4. The Bertz CT molecular complexity index is 617. The fourth-order valence-corrected chi connectivity index (χ4v) is 5.87. The monoisotopic (exact) mass is 387 g/mol. The van der Waals surface area contributed by atoms with Gasteiger partial charge in [0.15, 0.2) is 0 Å². The van der Waals surface area contributed by atoms with Crippen molar-refractivity contribution in [2.45, 2.75) is 19.6 Å². The number of benzene rings is 1. The standard InChI is InChI=1S/C12H14IN3O2Si/c1-19(2,3)11-8-14-15(12(11)13)9-4-6-10(7-5-9)16(17)18/h4-8H,1-3H3. The molecule has 7 heteroatoms. The van der Waals surface area contributed by atoms with Crippen LogP contribution in [0.15, 0.2) is 30.5 Å². The van der Waals surface area contributed by atoms with Crippen molar-refractivity contribution in [3.8, 4) is 5.69 Å². The van der Waals surface area contributed by atoms with Gasteiger partial charge in [0.25, 0.3) is 5.69 Å². The lowest BCUT2D eigenvalue weighted by atomic mass is 10.3. The third kappa shape index (κ3) is 2.86. The number of halogens is 1. The second-order valence-electron chi connectivity index (χ2n) is 5.28. The number of nitrogens with zero attached hydrogens (tertiary/aromatic N) is 3. The number of aromatic nitrogens is 2. The molecule has 5 nitrogen and oxygen atoms in total. The Morgan fingerprint density at radius 2 is 1.84 bits per heavy atom. The van der Waals surface area contributed by atoms with Crippen molar-refractivity contribution < 1.29 is 4.92 Å². The summed E-state index contributed by atoms with van der Waals surface area (Å²) in [6.45, 7) is 6.81. The molecule has 1 heterocycles. The number of hydrogen-bond donors (Lipinski definition) is 0. The molecule has 2 aromatic rings. The van der Waals surface area contributed by atoms with E-state index in [1.807, 2.05) is 10.9 Å². The van der Waals surface area contributed by atoms with E-state index in [1.54, 1.807) is 12.1 Å². The maximum Gasteiger partial charge on any atom is 0.269 e. The zero-order chi connectivity index (χ0) is 14.2. The lowest BCUT2D eigenvalue weighted by Gasteiger charge is -2.14. The molecule has 0 fully saturated rings. The lowest BCUT2D eigenvalue weighted by Crippen LogP contribution is -2.38. The van der Waals surface area contributed by atoms with Crippen molar-refractivity contribution in [2.24, 2.45) is 0 Å². The molecule has 0 aliphatic heterocycles. The average molecular weight is 387 g/mol. The fourth-order valence-electron chi connectivity index (χ4n) is 1.73. The molecule has 19 heavy (non-hydrogen) atoms. The van der Waals surface area contributed by atoms with Crippen LogP contribution >= 0.6 is 22.6 Å². The molecule has 0 N–H and O–H groups in total. The van der Waals surface area contributed by atoms with Crippen molar-refractivity contribution in [3.63, 3.8) is 0 Å². The molecule has 1 aromatic carbocycles. The van der Waals surface area contributed by atoms with Crippen molar-refractivity contribution in [3.05, 3.63) is 44.3 Å². The van der Waals surface area contributed by atoms with Crippen LogP contribution in [-0.4, -0.2) is 22.8 Å². The van der Waals surface area contributed by atoms with Gasteiger partial charge in [-0.3, -0.25) is 10.1 Å². The number of hydrogen-bond acceptors (Lipinski definition) is 3. The zero-order valence-corrected chi connectivity index (χ0v) is 14.1. The smallest absolute Gasteiger partial charge is 0.258 e. The first-order valence-electron chi connectivity index (χ1n) is 5.79. The number of rotatable bonds is 3. The quantitative estimate of drug-likeness (QED) is 0.352. The summed E-state index contributed by atoms with van der Waals surface area (Å²) in [6, 6.07) is 6.45. The zero-order valence-electron chi connectivity index (χ0n) is 10.9. The highest BCUT2D eigenvalue weighted by atomic mass is 127. The van der Waals surface area contributed by atoms with E-state index in [1.165, 1.54) is 17.3 Å². The SMILES string of the molecule is C[Si](C)(C)c1cnn(-c2ccc([N+](=O)[O-])cc2)c1I. The molecule has 1 aromatic heterocycles. The molecule has 0 aliphatic rings. The van der Waals surface area contributed by atoms with Crippen molar-refractivity contribution in [2.75, 3.05) is 0 Å². The van der Waals surface area contributed by atoms with Crippen LogP contribution in [0.3, 0.4) is 0 Å². The Hall–Kier alpha value is -1.22. The summed E-state index contributed by atoms with van der Waals surface area (Å²) >= 11 is 2.29. The van der Waals surface area contributed by atoms with Gasteiger partial charge in [0, 0.05) is 18.3 Å². The summed E-state index contributed by atoms with van der Waals surface area (Å²) in [5, 5.41) is 16.3. The average Bonchev–Trinajstić information content (AvgIpc) is 2.71. The maximum absolute atomic E-state index is 10.6. The predicted molar refractivity (Wildman–Crippen MR) is 85.9 cm³/mol. The molecule has 0 amide bonds. The highest BCUT2D eigenvalue weighted by Gasteiger charge is 2.23. The largest absolute Gasteiger partial charge is 0.269 e. The van der Waals surface area contributed by atoms with E-state index < -0.39 is 13.0 Å². The minimum absolute atomic E-state index is 0.0938. The van der Waals surface area contributed by atoms with Crippen LogP contribution in [0, 0.1) is 13.8 Å². The predicted octanol–water partition coefficient (Wildman–Crippen LogP) is 2.93. The van der Waals surface area contributed by atoms with E-state index in [-0.39, 0.29) is 5.69 Å². The van der Waals surface area contributed by atoms with E-state index in [0.717, 1.165) is 9.39 Å². The van der Waals surface area contributed by atoms with Gasteiger partial charge >= 0.3 is 0 Å². The van der Waals surface area contributed by atoms with Gasteiger partial charge in [0.1, 0.15) is 3.70 Å². The second kappa shape index (κ2) is 5.04. The van der Waals surface area contributed by atoms with Gasteiger partial charge in [-0.05, 0) is 39.9 Å². The summed E-state index contributed by atoms with van der Waals surface area (Å²) < 4.78 is 2.92. The highest BCUT2D eigenvalue weighted by Crippen LogP contribution is 2.18. The molecular weight excluding hydrogens is 373 g/mol. The van der Waals surface area contributed by atoms with Gasteiger partial charge in [-0.15, -0.1) is 0 Å². The summed E-state index contributed by atoms with van der Waals surface area (Å²) in [4.78, 5) is 10.2. The van der Waals surface area contributed by atoms with Crippen LogP contribution in [0.5, 0.6) is 0 Å². The van der Waals surface area contributed by atoms with Gasteiger partial charge in [-0.1, -0.05) is 19.6 Å². The maximum atomic E-state index is 10.6. The highest BCUT2D eigenvalue weighted by molar-refractivity contribution is 14.1. The lowest BCUT2D eigenvalue weighted by molar-refractivity contribution is -0.384. The van der Waals surface area contributed by atoms with E-state index in [0.29, 0.717) is 0 Å². The molecule has 100 valence electrons. The summed E-state index contributed by atoms with van der Waals surface area (Å²) in [7, 11) is -1.42. The normalized spacial score (nSPS) is 11.6. The third-order valence-corrected chi connectivity index (χ3v) is 6.35. The molecule has 0 unspecified atom stereocenters. The molecule has 0 saturated carbocycles. The Kier molecular flexibility index (Phi) is 3.77. The Labute approximate surface area is 125 Å². The van der Waals surface area contributed by atoms with E-state index in [4.69, 9.17) is 0 Å².